The number of carbonyl (C=O) groups excluding carboxylic acids is 1. The third kappa shape index (κ3) is 2.69. The lowest BCUT2D eigenvalue weighted by molar-refractivity contribution is -0.150. The van der Waals surface area contributed by atoms with Gasteiger partial charge in [0.15, 0.2) is 6.73 Å². The molecule has 1 aliphatic rings. The first-order valence-corrected chi connectivity index (χ1v) is 6.69. The zero-order valence-electron chi connectivity index (χ0n) is 12.6. The molecule has 6 heteroatoms. The molecule has 0 spiro atoms. The lowest BCUT2D eigenvalue weighted by Crippen LogP contribution is -2.22. The van der Waals surface area contributed by atoms with Gasteiger partial charge in [-0.15, -0.1) is 0 Å². The van der Waals surface area contributed by atoms with Crippen LogP contribution in [0.5, 0.6) is 0 Å². The Hall–Kier alpha value is -1.85. The number of hydrogen-bond donors (Lipinski definition) is 1. The molecule has 0 aromatic carbocycles. The van der Waals surface area contributed by atoms with Crippen LogP contribution in [0.15, 0.2) is 16.4 Å². The summed E-state index contributed by atoms with van der Waals surface area (Å²) in [5, 5.41) is 3.93. The van der Waals surface area contributed by atoms with Gasteiger partial charge >= 0.3 is 11.7 Å². The molecule has 1 aliphatic carbocycles. The van der Waals surface area contributed by atoms with E-state index in [4.69, 9.17) is 4.74 Å². The fraction of sp³-hybridized carbons (Fsp3) is 0.643. The SMILES string of the molecule is CC(C)=C[C@@H]1[C@@H](C(=O)OCn2nc(C)[nH]c2=O)C1(C)C. The van der Waals surface area contributed by atoms with Crippen molar-refractivity contribution in [1.29, 1.82) is 0 Å². The number of carbonyl (C=O) groups is 1. The van der Waals surface area contributed by atoms with E-state index in [0.717, 1.165) is 4.68 Å². The minimum atomic E-state index is -0.369. The van der Waals surface area contributed by atoms with Gasteiger partial charge in [-0.05, 0) is 32.1 Å². The molecule has 0 saturated heterocycles. The van der Waals surface area contributed by atoms with Crippen molar-refractivity contribution in [2.24, 2.45) is 17.3 Å². The highest BCUT2D eigenvalue weighted by Gasteiger charge is 2.61. The number of H-pyrrole nitrogens is 1. The highest BCUT2D eigenvalue weighted by molar-refractivity contribution is 5.78. The molecule has 1 saturated carbocycles. The highest BCUT2D eigenvalue weighted by Crippen LogP contribution is 2.59. The van der Waals surface area contributed by atoms with E-state index in [1.54, 1.807) is 6.92 Å². The zero-order chi connectivity index (χ0) is 15.1. The summed E-state index contributed by atoms with van der Waals surface area (Å²) in [5.74, 6) is 0.288. The Kier molecular flexibility index (Phi) is 3.58. The fourth-order valence-corrected chi connectivity index (χ4v) is 2.57. The van der Waals surface area contributed by atoms with E-state index in [-0.39, 0.29) is 35.6 Å². The molecule has 20 heavy (non-hydrogen) atoms. The van der Waals surface area contributed by atoms with Crippen molar-refractivity contribution in [1.82, 2.24) is 14.8 Å². The number of esters is 1. The summed E-state index contributed by atoms with van der Waals surface area (Å²) in [4.78, 5) is 26.0. The Bertz CT molecular complexity index is 605. The summed E-state index contributed by atoms with van der Waals surface area (Å²) < 4.78 is 6.32. The van der Waals surface area contributed by atoms with E-state index >= 15 is 0 Å². The van der Waals surface area contributed by atoms with Gasteiger partial charge in [-0.2, -0.15) is 9.78 Å². The summed E-state index contributed by atoms with van der Waals surface area (Å²) >= 11 is 0. The maximum absolute atomic E-state index is 12.1. The van der Waals surface area contributed by atoms with Gasteiger partial charge < -0.3 is 4.74 Å². The normalized spacial score (nSPS) is 23.2. The number of nitrogens with one attached hydrogen (secondary N) is 1. The minimum absolute atomic E-state index is 0.0825. The van der Waals surface area contributed by atoms with Gasteiger partial charge in [-0.3, -0.25) is 9.78 Å². The Morgan fingerprint density at radius 1 is 1.50 bits per heavy atom. The van der Waals surface area contributed by atoms with Gasteiger partial charge in [-0.25, -0.2) is 4.79 Å². The molecular weight excluding hydrogens is 258 g/mol. The average molecular weight is 279 g/mol. The summed E-state index contributed by atoms with van der Waals surface area (Å²) in [5.41, 5.74) is 0.740. The third-order valence-corrected chi connectivity index (χ3v) is 3.80. The minimum Gasteiger partial charge on any atom is -0.442 e. The average Bonchev–Trinajstić information content (AvgIpc) is 2.68. The number of hydrogen-bond acceptors (Lipinski definition) is 4. The molecule has 1 heterocycles. The second kappa shape index (κ2) is 4.92. The van der Waals surface area contributed by atoms with E-state index in [9.17, 15) is 9.59 Å². The number of aromatic amines is 1. The summed E-state index contributed by atoms with van der Waals surface area (Å²) in [6.45, 7) is 9.66. The van der Waals surface area contributed by atoms with Crippen LogP contribution >= 0.6 is 0 Å². The van der Waals surface area contributed by atoms with Crippen LogP contribution in [0.2, 0.25) is 0 Å². The van der Waals surface area contributed by atoms with E-state index in [1.165, 1.54) is 5.57 Å². The first-order chi connectivity index (χ1) is 9.23. The number of ether oxygens (including phenoxy) is 1. The third-order valence-electron chi connectivity index (χ3n) is 3.80. The Morgan fingerprint density at radius 3 is 2.65 bits per heavy atom. The standard InChI is InChI=1S/C14H21N3O3/c1-8(2)6-10-11(14(10,4)5)12(18)20-7-17-13(19)15-9(3)16-17/h6,10-11H,7H2,1-5H3,(H,15,16,19)/t10-,11+/m1/s1. The molecule has 110 valence electrons. The van der Waals surface area contributed by atoms with E-state index in [2.05, 4.69) is 16.2 Å². The molecule has 6 nitrogen and oxygen atoms in total. The summed E-state index contributed by atoms with van der Waals surface area (Å²) in [6.07, 6.45) is 2.11. The van der Waals surface area contributed by atoms with E-state index in [1.807, 2.05) is 27.7 Å². The zero-order valence-corrected chi connectivity index (χ0v) is 12.6. The maximum atomic E-state index is 12.1. The number of aryl methyl sites for hydroxylation is 1. The maximum Gasteiger partial charge on any atom is 0.346 e. The number of rotatable bonds is 4. The topological polar surface area (TPSA) is 77.0 Å². The molecule has 2 rings (SSSR count). The molecule has 0 unspecified atom stereocenters. The fourth-order valence-electron chi connectivity index (χ4n) is 2.57. The van der Waals surface area contributed by atoms with Crippen molar-refractivity contribution in [2.45, 2.75) is 41.3 Å². The molecule has 2 atom stereocenters. The van der Waals surface area contributed by atoms with Crippen LogP contribution in [0.25, 0.3) is 0 Å². The van der Waals surface area contributed by atoms with Gasteiger partial charge in [-0.1, -0.05) is 25.5 Å². The van der Waals surface area contributed by atoms with Crippen molar-refractivity contribution in [3.05, 3.63) is 28.0 Å². The molecule has 1 fully saturated rings. The Labute approximate surface area is 117 Å². The predicted octanol–water partition coefficient (Wildman–Crippen LogP) is 1.62. The molecule has 0 aliphatic heterocycles. The van der Waals surface area contributed by atoms with E-state index < -0.39 is 0 Å². The summed E-state index contributed by atoms with van der Waals surface area (Å²) in [6, 6.07) is 0. The first kappa shape index (κ1) is 14.6. The van der Waals surface area contributed by atoms with E-state index in [0.29, 0.717) is 5.82 Å². The highest BCUT2D eigenvalue weighted by atomic mass is 16.5. The lowest BCUT2D eigenvalue weighted by atomic mass is 10.1. The number of nitrogens with zero attached hydrogens (tertiary/aromatic N) is 2. The van der Waals surface area contributed by atoms with Crippen LogP contribution in [0.4, 0.5) is 0 Å². The molecule has 0 radical (unpaired) electrons. The molecule has 0 amide bonds. The van der Waals surface area contributed by atoms with Gasteiger partial charge in [0.25, 0.3) is 0 Å². The van der Waals surface area contributed by atoms with Gasteiger partial charge in [0, 0.05) is 0 Å². The molecule has 1 aromatic heterocycles. The predicted molar refractivity (Wildman–Crippen MR) is 73.9 cm³/mol. The molecule has 1 aromatic rings. The quantitative estimate of drug-likeness (QED) is 0.671. The van der Waals surface area contributed by atoms with Gasteiger partial charge in [0.1, 0.15) is 5.82 Å². The van der Waals surface area contributed by atoms with Gasteiger partial charge in [0.2, 0.25) is 0 Å². The van der Waals surface area contributed by atoms with Crippen LogP contribution in [0.3, 0.4) is 0 Å². The Balaban J connectivity index is 1.98. The van der Waals surface area contributed by atoms with Crippen molar-refractivity contribution in [3.8, 4) is 0 Å². The first-order valence-electron chi connectivity index (χ1n) is 6.69. The molecule has 1 N–H and O–H groups in total. The van der Waals surface area contributed by atoms with Gasteiger partial charge in [0.05, 0.1) is 5.92 Å². The Morgan fingerprint density at radius 2 is 2.15 bits per heavy atom. The number of allylic oxidation sites excluding steroid dienone is 2. The van der Waals surface area contributed by atoms with Crippen LogP contribution in [-0.2, 0) is 16.3 Å². The molecule has 0 bridgehead atoms. The largest absolute Gasteiger partial charge is 0.442 e. The van der Waals surface area contributed by atoms with Crippen molar-refractivity contribution in [3.63, 3.8) is 0 Å². The van der Waals surface area contributed by atoms with Crippen LogP contribution in [0.1, 0.15) is 33.5 Å². The van der Waals surface area contributed by atoms with Crippen LogP contribution < -0.4 is 5.69 Å². The second-order valence-electron chi connectivity index (χ2n) is 6.18. The number of aromatic nitrogens is 3. The summed E-state index contributed by atoms with van der Waals surface area (Å²) in [7, 11) is 0. The molecular formula is C14H21N3O3. The smallest absolute Gasteiger partial charge is 0.346 e. The monoisotopic (exact) mass is 279 g/mol. The van der Waals surface area contributed by atoms with Crippen molar-refractivity contribution < 1.29 is 9.53 Å². The lowest BCUT2D eigenvalue weighted by Gasteiger charge is -2.04. The van der Waals surface area contributed by atoms with Crippen LogP contribution in [0, 0.1) is 24.2 Å². The van der Waals surface area contributed by atoms with Crippen LogP contribution in [-0.4, -0.2) is 20.7 Å². The van der Waals surface area contributed by atoms with Crippen molar-refractivity contribution in [2.75, 3.05) is 0 Å². The van der Waals surface area contributed by atoms with Crippen molar-refractivity contribution >= 4 is 5.97 Å². The second-order valence-corrected chi connectivity index (χ2v) is 6.18.